The summed E-state index contributed by atoms with van der Waals surface area (Å²) < 4.78 is 0. The number of fused-ring (bicyclic) bond motifs is 5. The van der Waals surface area contributed by atoms with Gasteiger partial charge in [-0.3, -0.25) is 0 Å². The van der Waals surface area contributed by atoms with Crippen LogP contribution in [0, 0.1) is 0 Å². The standard InChI is InChI=1S/C28H18N6/c1-2-4-26-25(3-1)29-16-28(34-26)24-14-23-13-21-8-7-19(31-21)11-17-5-6-18(30-17)12-20-9-10-22(32-20)15-27(24)33-23/h1-16,29,34H. The number of nitrogens with one attached hydrogen (secondary N) is 2. The van der Waals surface area contributed by atoms with Crippen molar-refractivity contribution < 1.29 is 0 Å². The van der Waals surface area contributed by atoms with E-state index < -0.39 is 0 Å². The van der Waals surface area contributed by atoms with E-state index in [9.17, 15) is 0 Å². The predicted molar refractivity (Wildman–Crippen MR) is 139 cm³/mol. The van der Waals surface area contributed by atoms with Gasteiger partial charge in [0, 0.05) is 11.8 Å². The fourth-order valence-corrected chi connectivity index (χ4v) is 4.31. The summed E-state index contributed by atoms with van der Waals surface area (Å²) >= 11 is 0. The molecule has 6 heterocycles. The van der Waals surface area contributed by atoms with Crippen molar-refractivity contribution >= 4 is 34.2 Å². The number of para-hydroxylation sites is 2. The van der Waals surface area contributed by atoms with Gasteiger partial charge < -0.3 is 10.6 Å². The molecule has 6 aliphatic heterocycles. The van der Waals surface area contributed by atoms with Crippen LogP contribution in [0.5, 0.6) is 0 Å². The molecule has 0 saturated carbocycles. The summed E-state index contributed by atoms with van der Waals surface area (Å²) in [6.07, 6.45) is 24.0. The van der Waals surface area contributed by atoms with E-state index in [0.717, 1.165) is 68.3 Å². The zero-order chi connectivity index (χ0) is 22.5. The molecule has 8 bridgehead atoms. The number of nitrogens with zero attached hydrogens (tertiary/aromatic N) is 4. The SMILES string of the molecule is C1=CC2=NC1=CC1=NC(=CC3=NC(=CC4=NC(=C2)C=C4)C(C2=CNc4ccccc4N2)=C3)C=C1. The van der Waals surface area contributed by atoms with Crippen LogP contribution in [0.15, 0.2) is 151 Å². The van der Waals surface area contributed by atoms with Gasteiger partial charge in [0.1, 0.15) is 0 Å². The van der Waals surface area contributed by atoms with Gasteiger partial charge in [-0.1, -0.05) is 12.1 Å². The fourth-order valence-electron chi connectivity index (χ4n) is 4.31. The molecule has 2 N–H and O–H groups in total. The monoisotopic (exact) mass is 438 g/mol. The van der Waals surface area contributed by atoms with Crippen molar-refractivity contribution in [3.8, 4) is 0 Å². The molecule has 7 rings (SSSR count). The normalized spacial score (nSPS) is 21.1. The lowest BCUT2D eigenvalue weighted by Gasteiger charge is -2.21. The first kappa shape index (κ1) is 18.7. The minimum atomic E-state index is 0.839. The molecule has 0 unspecified atom stereocenters. The quantitative estimate of drug-likeness (QED) is 0.622. The Labute approximate surface area is 196 Å². The molecular weight excluding hydrogens is 420 g/mol. The summed E-state index contributed by atoms with van der Waals surface area (Å²) in [5.41, 5.74) is 10.9. The number of rotatable bonds is 1. The Kier molecular flexibility index (Phi) is 4.04. The van der Waals surface area contributed by atoms with Gasteiger partial charge in [-0.25, -0.2) is 20.0 Å². The predicted octanol–water partition coefficient (Wildman–Crippen LogP) is 5.33. The molecule has 160 valence electrons. The number of hydrogen-bond acceptors (Lipinski definition) is 6. The summed E-state index contributed by atoms with van der Waals surface area (Å²) in [6.45, 7) is 0. The number of benzene rings is 1. The first-order valence-corrected chi connectivity index (χ1v) is 11.1. The zero-order valence-electron chi connectivity index (χ0n) is 18.0. The van der Waals surface area contributed by atoms with Crippen LogP contribution in [0.25, 0.3) is 0 Å². The Balaban J connectivity index is 1.33. The van der Waals surface area contributed by atoms with E-state index >= 15 is 0 Å². The Hall–Kier alpha value is -4.84. The average Bonchev–Trinajstić information content (AvgIpc) is 3.64. The van der Waals surface area contributed by atoms with Crippen LogP contribution in [0.3, 0.4) is 0 Å². The Morgan fingerprint density at radius 2 is 1.12 bits per heavy atom. The highest BCUT2D eigenvalue weighted by molar-refractivity contribution is 6.15. The average molecular weight is 438 g/mol. The van der Waals surface area contributed by atoms with E-state index in [1.54, 1.807) is 0 Å². The highest BCUT2D eigenvalue weighted by Crippen LogP contribution is 2.34. The van der Waals surface area contributed by atoms with Crippen LogP contribution in [-0.2, 0) is 0 Å². The molecule has 0 amide bonds. The van der Waals surface area contributed by atoms with Gasteiger partial charge >= 0.3 is 0 Å². The van der Waals surface area contributed by atoms with Gasteiger partial charge in [-0.2, -0.15) is 0 Å². The molecule has 1 aromatic carbocycles. The van der Waals surface area contributed by atoms with Gasteiger partial charge in [-0.05, 0) is 79.0 Å². The summed E-state index contributed by atoms with van der Waals surface area (Å²) in [6, 6.07) is 8.13. The van der Waals surface area contributed by atoms with Gasteiger partial charge in [0.15, 0.2) is 0 Å². The largest absolute Gasteiger partial charge is 0.358 e. The van der Waals surface area contributed by atoms with E-state index in [-0.39, 0.29) is 0 Å². The van der Waals surface area contributed by atoms with Crippen LogP contribution in [0.2, 0.25) is 0 Å². The van der Waals surface area contributed by atoms with E-state index in [0.29, 0.717) is 0 Å². The molecule has 34 heavy (non-hydrogen) atoms. The molecule has 0 atom stereocenters. The molecule has 6 nitrogen and oxygen atoms in total. The van der Waals surface area contributed by atoms with Gasteiger partial charge in [0.2, 0.25) is 0 Å². The van der Waals surface area contributed by atoms with E-state index in [1.807, 2.05) is 85.2 Å². The number of hydrogen-bond donors (Lipinski definition) is 2. The Morgan fingerprint density at radius 1 is 0.529 bits per heavy atom. The molecule has 0 radical (unpaired) electrons. The number of anilines is 2. The molecule has 0 aliphatic carbocycles. The number of allylic oxidation sites excluding steroid dienone is 11. The Morgan fingerprint density at radius 3 is 1.79 bits per heavy atom. The first-order chi connectivity index (χ1) is 16.7. The first-order valence-electron chi connectivity index (χ1n) is 11.1. The van der Waals surface area contributed by atoms with Crippen molar-refractivity contribution in [1.29, 1.82) is 0 Å². The van der Waals surface area contributed by atoms with Crippen molar-refractivity contribution in [1.82, 2.24) is 0 Å². The smallest absolute Gasteiger partial charge is 0.0752 e. The van der Waals surface area contributed by atoms with Crippen molar-refractivity contribution in [2.24, 2.45) is 20.0 Å². The zero-order valence-corrected chi connectivity index (χ0v) is 18.0. The van der Waals surface area contributed by atoms with Gasteiger partial charge in [0.25, 0.3) is 0 Å². The van der Waals surface area contributed by atoms with E-state index in [2.05, 4.69) is 27.8 Å². The van der Waals surface area contributed by atoms with Gasteiger partial charge in [-0.15, -0.1) is 0 Å². The van der Waals surface area contributed by atoms with Crippen molar-refractivity contribution in [3.63, 3.8) is 0 Å². The maximum Gasteiger partial charge on any atom is 0.0752 e. The molecule has 6 aliphatic rings. The topological polar surface area (TPSA) is 73.5 Å². The van der Waals surface area contributed by atoms with Crippen LogP contribution in [0.4, 0.5) is 11.4 Å². The highest BCUT2D eigenvalue weighted by atomic mass is 15.0. The third kappa shape index (κ3) is 3.38. The maximum atomic E-state index is 4.92. The lowest BCUT2D eigenvalue weighted by atomic mass is 10.1. The summed E-state index contributed by atoms with van der Waals surface area (Å²) in [7, 11) is 0. The molecule has 0 saturated heterocycles. The summed E-state index contributed by atoms with van der Waals surface area (Å²) in [4.78, 5) is 19.1. The fraction of sp³-hybridized carbons (Fsp3) is 0. The van der Waals surface area contributed by atoms with Crippen LogP contribution in [0.1, 0.15) is 0 Å². The minimum Gasteiger partial charge on any atom is -0.358 e. The molecular formula is C28H18N6. The van der Waals surface area contributed by atoms with Crippen LogP contribution in [-0.4, -0.2) is 22.8 Å². The van der Waals surface area contributed by atoms with E-state index in [1.165, 1.54) is 0 Å². The second-order valence-corrected chi connectivity index (χ2v) is 8.31. The molecule has 0 spiro atoms. The molecule has 6 heteroatoms. The van der Waals surface area contributed by atoms with Gasteiger partial charge in [0.05, 0.1) is 62.7 Å². The van der Waals surface area contributed by atoms with Crippen LogP contribution >= 0.6 is 0 Å². The third-order valence-electron chi connectivity index (χ3n) is 5.90. The molecule has 0 aromatic heterocycles. The Bertz CT molecular complexity index is 1570. The summed E-state index contributed by atoms with van der Waals surface area (Å²) in [5, 5.41) is 6.91. The lowest BCUT2D eigenvalue weighted by molar-refractivity contribution is 1.28. The summed E-state index contributed by atoms with van der Waals surface area (Å²) in [5.74, 6) is 0. The molecule has 1 aromatic rings. The van der Waals surface area contributed by atoms with Crippen molar-refractivity contribution in [2.75, 3.05) is 10.6 Å². The molecule has 0 fully saturated rings. The second kappa shape index (κ2) is 7.35. The maximum absolute atomic E-state index is 4.92. The van der Waals surface area contributed by atoms with E-state index in [4.69, 9.17) is 15.0 Å². The van der Waals surface area contributed by atoms with Crippen LogP contribution < -0.4 is 10.6 Å². The third-order valence-corrected chi connectivity index (χ3v) is 5.90. The van der Waals surface area contributed by atoms with Crippen molar-refractivity contribution in [3.05, 3.63) is 131 Å². The second-order valence-electron chi connectivity index (χ2n) is 8.31. The lowest BCUT2D eigenvalue weighted by Crippen LogP contribution is -2.12. The highest BCUT2D eigenvalue weighted by Gasteiger charge is 2.22. The number of aliphatic imine (C=N–C) groups is 4. The minimum absolute atomic E-state index is 0.839. The van der Waals surface area contributed by atoms with Crippen molar-refractivity contribution in [2.45, 2.75) is 0 Å².